The van der Waals surface area contributed by atoms with Crippen molar-refractivity contribution in [2.24, 2.45) is 0 Å². The summed E-state index contributed by atoms with van der Waals surface area (Å²) in [7, 11) is 0. The van der Waals surface area contributed by atoms with Gasteiger partial charge in [0.1, 0.15) is 11.5 Å². The van der Waals surface area contributed by atoms with Crippen molar-refractivity contribution in [1.82, 2.24) is 0 Å². The molecule has 1 heterocycles. The second-order valence-electron chi connectivity index (χ2n) is 7.66. The first-order valence-electron chi connectivity index (χ1n) is 10.3. The summed E-state index contributed by atoms with van der Waals surface area (Å²) in [6, 6.07) is 16.3. The van der Waals surface area contributed by atoms with Gasteiger partial charge in [-0.1, -0.05) is 12.1 Å². The molecule has 0 spiro atoms. The molecule has 0 bridgehead atoms. The molecule has 7 nitrogen and oxygen atoms in total. The minimum absolute atomic E-state index is 0.0724. The second kappa shape index (κ2) is 9.11. The summed E-state index contributed by atoms with van der Waals surface area (Å²) in [6.07, 6.45) is 0. The van der Waals surface area contributed by atoms with Gasteiger partial charge in [0.25, 0.3) is 0 Å². The average molecular weight is 432 g/mol. The zero-order valence-electron chi connectivity index (χ0n) is 17.7. The third-order valence-corrected chi connectivity index (χ3v) is 5.31. The number of hydrogen-bond acceptors (Lipinski definition) is 7. The second-order valence-corrected chi connectivity index (χ2v) is 7.66. The van der Waals surface area contributed by atoms with Gasteiger partial charge < -0.3 is 25.2 Å². The predicted molar refractivity (Wildman–Crippen MR) is 122 cm³/mol. The first-order chi connectivity index (χ1) is 15.4. The van der Waals surface area contributed by atoms with Crippen molar-refractivity contribution < 1.29 is 24.5 Å². The molecule has 4 rings (SSSR count). The summed E-state index contributed by atoms with van der Waals surface area (Å²) in [4.78, 5) is 27.6. The van der Waals surface area contributed by atoms with E-state index in [-0.39, 0.29) is 23.1 Å². The molecule has 0 atom stereocenters. The Hall–Kier alpha value is -3.84. The lowest BCUT2D eigenvalue weighted by atomic mass is 9.98. The molecule has 1 saturated heterocycles. The van der Waals surface area contributed by atoms with Crippen LogP contribution >= 0.6 is 0 Å². The number of morpholine rings is 1. The molecule has 7 heteroatoms. The maximum absolute atomic E-state index is 13.2. The van der Waals surface area contributed by atoms with Crippen LogP contribution in [0.4, 0.5) is 17.1 Å². The van der Waals surface area contributed by atoms with Crippen LogP contribution in [0.1, 0.15) is 33.2 Å². The lowest BCUT2D eigenvalue weighted by Gasteiger charge is -2.30. The first-order valence-corrected chi connectivity index (χ1v) is 10.3. The van der Waals surface area contributed by atoms with Crippen molar-refractivity contribution in [3.63, 3.8) is 0 Å². The summed E-state index contributed by atoms with van der Waals surface area (Å²) in [5.74, 6) is -0.447. The van der Waals surface area contributed by atoms with Crippen molar-refractivity contribution in [2.75, 3.05) is 36.5 Å². The van der Waals surface area contributed by atoms with Crippen molar-refractivity contribution in [2.45, 2.75) is 6.92 Å². The minimum atomic E-state index is -0.205. The Balaban J connectivity index is 1.60. The van der Waals surface area contributed by atoms with E-state index in [2.05, 4.69) is 10.2 Å². The summed E-state index contributed by atoms with van der Waals surface area (Å²) in [6.45, 7) is 4.12. The number of aromatic hydroxyl groups is 2. The monoisotopic (exact) mass is 432 g/mol. The number of phenols is 2. The Kier molecular flexibility index (Phi) is 6.09. The summed E-state index contributed by atoms with van der Waals surface area (Å²) in [5, 5.41) is 22.4. The van der Waals surface area contributed by atoms with E-state index in [9.17, 15) is 19.8 Å². The van der Waals surface area contributed by atoms with Crippen molar-refractivity contribution in [1.29, 1.82) is 0 Å². The smallest absolute Gasteiger partial charge is 0.193 e. The van der Waals surface area contributed by atoms with E-state index in [0.717, 1.165) is 5.69 Å². The standard InChI is InChI=1S/C25H24N2O5/c1-16(28)23-12-18(5-6-24(23)27-7-9-32-10-8-27)25(31)17-3-2-4-19(11-17)26-20-13-21(29)15-22(30)14-20/h2-6,11-15,26,29-30H,7-10H2,1H3. The first kappa shape index (κ1) is 21.4. The Morgan fingerprint density at radius 2 is 1.56 bits per heavy atom. The number of rotatable bonds is 6. The lowest BCUT2D eigenvalue weighted by molar-refractivity contribution is 0.101. The van der Waals surface area contributed by atoms with E-state index in [1.807, 2.05) is 6.07 Å². The highest BCUT2D eigenvalue weighted by Crippen LogP contribution is 2.28. The lowest BCUT2D eigenvalue weighted by Crippen LogP contribution is -2.37. The number of carbonyl (C=O) groups excluding carboxylic acids is 2. The highest BCUT2D eigenvalue weighted by molar-refractivity contribution is 6.11. The average Bonchev–Trinajstić information content (AvgIpc) is 2.78. The van der Waals surface area contributed by atoms with Crippen LogP contribution in [0.25, 0.3) is 0 Å². The number of anilines is 3. The van der Waals surface area contributed by atoms with E-state index >= 15 is 0 Å². The number of phenolic OH excluding ortho intramolecular Hbond substituents is 2. The van der Waals surface area contributed by atoms with Crippen LogP contribution in [-0.2, 0) is 4.74 Å². The van der Waals surface area contributed by atoms with Crippen LogP contribution in [0, 0.1) is 0 Å². The van der Waals surface area contributed by atoms with Crippen LogP contribution in [-0.4, -0.2) is 48.1 Å². The molecule has 1 aliphatic rings. The summed E-state index contributed by atoms with van der Waals surface area (Å²) >= 11 is 0. The molecular formula is C25H24N2O5. The molecule has 32 heavy (non-hydrogen) atoms. The van der Waals surface area contributed by atoms with E-state index < -0.39 is 0 Å². The molecule has 3 aromatic rings. The molecule has 0 amide bonds. The molecule has 0 radical (unpaired) electrons. The van der Waals surface area contributed by atoms with Gasteiger partial charge in [0, 0.05) is 65.0 Å². The van der Waals surface area contributed by atoms with Gasteiger partial charge >= 0.3 is 0 Å². The van der Waals surface area contributed by atoms with Crippen LogP contribution in [0.2, 0.25) is 0 Å². The van der Waals surface area contributed by atoms with Gasteiger partial charge in [-0.15, -0.1) is 0 Å². The molecular weight excluding hydrogens is 408 g/mol. The molecule has 0 unspecified atom stereocenters. The number of ketones is 2. The molecule has 164 valence electrons. The molecule has 0 aliphatic carbocycles. The van der Waals surface area contributed by atoms with E-state index in [1.165, 1.54) is 25.1 Å². The normalized spacial score (nSPS) is 13.6. The zero-order chi connectivity index (χ0) is 22.7. The van der Waals surface area contributed by atoms with Gasteiger partial charge in [-0.05, 0) is 37.3 Å². The number of nitrogens with one attached hydrogen (secondary N) is 1. The fourth-order valence-electron chi connectivity index (χ4n) is 3.78. The Morgan fingerprint density at radius 3 is 2.25 bits per heavy atom. The highest BCUT2D eigenvalue weighted by atomic mass is 16.5. The number of ether oxygens (including phenoxy) is 1. The van der Waals surface area contributed by atoms with Gasteiger partial charge in [0.15, 0.2) is 11.6 Å². The van der Waals surface area contributed by atoms with Gasteiger partial charge in [-0.3, -0.25) is 9.59 Å². The maximum atomic E-state index is 13.2. The van der Waals surface area contributed by atoms with Crippen molar-refractivity contribution in [3.8, 4) is 11.5 Å². The quantitative estimate of drug-likeness (QED) is 0.504. The fourth-order valence-corrected chi connectivity index (χ4v) is 3.78. The largest absolute Gasteiger partial charge is 0.508 e. The van der Waals surface area contributed by atoms with Gasteiger partial charge in [0.05, 0.1) is 13.2 Å². The zero-order valence-corrected chi connectivity index (χ0v) is 17.7. The van der Waals surface area contributed by atoms with Crippen LogP contribution < -0.4 is 10.2 Å². The molecule has 0 aromatic heterocycles. The number of carbonyl (C=O) groups is 2. The molecule has 1 aliphatic heterocycles. The number of hydrogen-bond donors (Lipinski definition) is 3. The van der Waals surface area contributed by atoms with Crippen molar-refractivity contribution in [3.05, 3.63) is 77.4 Å². The van der Waals surface area contributed by atoms with E-state index in [4.69, 9.17) is 4.74 Å². The fraction of sp³-hybridized carbons (Fsp3) is 0.200. The third kappa shape index (κ3) is 4.73. The minimum Gasteiger partial charge on any atom is -0.508 e. The Labute approximate surface area is 185 Å². The molecule has 3 N–H and O–H groups in total. The molecule has 3 aromatic carbocycles. The summed E-state index contributed by atoms with van der Waals surface area (Å²) < 4.78 is 5.39. The van der Waals surface area contributed by atoms with Gasteiger partial charge in [-0.25, -0.2) is 0 Å². The van der Waals surface area contributed by atoms with Crippen LogP contribution in [0.3, 0.4) is 0 Å². The SMILES string of the molecule is CC(=O)c1cc(C(=O)c2cccc(Nc3cc(O)cc(O)c3)c2)ccc1N1CCOCC1. The molecule has 1 fully saturated rings. The Morgan fingerprint density at radius 1 is 0.875 bits per heavy atom. The molecule has 0 saturated carbocycles. The predicted octanol–water partition coefficient (Wildman–Crippen LogP) is 4.11. The number of nitrogens with zero attached hydrogens (tertiary/aromatic N) is 1. The topological polar surface area (TPSA) is 99.1 Å². The number of Topliss-reactive ketones (excluding diaryl/α,β-unsaturated/α-hetero) is 1. The highest BCUT2D eigenvalue weighted by Gasteiger charge is 2.19. The van der Waals surface area contributed by atoms with E-state index in [1.54, 1.807) is 36.4 Å². The van der Waals surface area contributed by atoms with Crippen molar-refractivity contribution >= 4 is 28.6 Å². The summed E-state index contributed by atoms with van der Waals surface area (Å²) in [5.41, 5.74) is 3.32. The van der Waals surface area contributed by atoms with Crippen LogP contribution in [0.5, 0.6) is 11.5 Å². The van der Waals surface area contributed by atoms with Crippen LogP contribution in [0.15, 0.2) is 60.7 Å². The van der Waals surface area contributed by atoms with Gasteiger partial charge in [0.2, 0.25) is 0 Å². The Bertz CT molecular complexity index is 1150. The van der Waals surface area contributed by atoms with Gasteiger partial charge in [-0.2, -0.15) is 0 Å². The van der Waals surface area contributed by atoms with E-state index in [0.29, 0.717) is 54.4 Å². The number of benzene rings is 3. The maximum Gasteiger partial charge on any atom is 0.193 e. The third-order valence-electron chi connectivity index (χ3n) is 5.31.